The first-order valence-corrected chi connectivity index (χ1v) is 4.26. The Labute approximate surface area is 78.4 Å². The summed E-state index contributed by atoms with van der Waals surface area (Å²) in [6, 6.07) is 9.69. The number of benzene rings is 1. The molecule has 1 aromatic carbocycles. The number of hydrogen-bond donors (Lipinski definition) is 1. The SMILES string of the molecule is CCN(CC#N)c1ccccc1N. The Morgan fingerprint density at radius 2 is 2.15 bits per heavy atom. The van der Waals surface area contributed by atoms with Crippen molar-refractivity contribution in [1.82, 2.24) is 0 Å². The van der Waals surface area contributed by atoms with Crippen LogP contribution in [0.15, 0.2) is 24.3 Å². The van der Waals surface area contributed by atoms with Gasteiger partial charge in [0.2, 0.25) is 0 Å². The lowest BCUT2D eigenvalue weighted by Crippen LogP contribution is -2.23. The van der Waals surface area contributed by atoms with Crippen LogP contribution in [0.2, 0.25) is 0 Å². The van der Waals surface area contributed by atoms with E-state index < -0.39 is 0 Å². The highest BCUT2D eigenvalue weighted by atomic mass is 15.1. The van der Waals surface area contributed by atoms with E-state index in [2.05, 4.69) is 6.07 Å². The molecular weight excluding hydrogens is 162 g/mol. The lowest BCUT2D eigenvalue weighted by atomic mass is 10.2. The van der Waals surface area contributed by atoms with Gasteiger partial charge in [-0.2, -0.15) is 5.26 Å². The maximum atomic E-state index is 8.59. The molecule has 0 saturated heterocycles. The van der Waals surface area contributed by atoms with Gasteiger partial charge in [0.15, 0.2) is 0 Å². The average Bonchev–Trinajstić information content (AvgIpc) is 2.16. The van der Waals surface area contributed by atoms with Crippen LogP contribution in [0, 0.1) is 11.3 Å². The van der Waals surface area contributed by atoms with Crippen LogP contribution in [0.25, 0.3) is 0 Å². The van der Waals surface area contributed by atoms with Crippen molar-refractivity contribution in [2.45, 2.75) is 6.92 Å². The Hall–Kier alpha value is -1.69. The van der Waals surface area contributed by atoms with Gasteiger partial charge in [0.25, 0.3) is 0 Å². The number of nitriles is 1. The van der Waals surface area contributed by atoms with Crippen LogP contribution in [0.3, 0.4) is 0 Å². The first-order chi connectivity index (χ1) is 6.29. The van der Waals surface area contributed by atoms with Gasteiger partial charge in [0, 0.05) is 6.54 Å². The third-order valence-electron chi connectivity index (χ3n) is 1.92. The summed E-state index contributed by atoms with van der Waals surface area (Å²) in [4.78, 5) is 1.94. The number of nitrogens with two attached hydrogens (primary N) is 1. The Morgan fingerprint density at radius 1 is 1.46 bits per heavy atom. The molecule has 0 atom stereocenters. The minimum Gasteiger partial charge on any atom is -0.397 e. The van der Waals surface area contributed by atoms with Crippen molar-refractivity contribution in [3.05, 3.63) is 24.3 Å². The van der Waals surface area contributed by atoms with Gasteiger partial charge in [0.05, 0.1) is 17.4 Å². The normalized spacial score (nSPS) is 9.23. The predicted molar refractivity (Wildman–Crippen MR) is 54.4 cm³/mol. The molecule has 0 saturated carbocycles. The summed E-state index contributed by atoms with van der Waals surface area (Å²) in [5, 5.41) is 8.59. The molecule has 3 heteroatoms. The first-order valence-electron chi connectivity index (χ1n) is 4.26. The van der Waals surface area contributed by atoms with Gasteiger partial charge in [-0.1, -0.05) is 12.1 Å². The fraction of sp³-hybridized carbons (Fsp3) is 0.300. The summed E-state index contributed by atoms with van der Waals surface area (Å²) < 4.78 is 0. The number of para-hydroxylation sites is 2. The highest BCUT2D eigenvalue weighted by Crippen LogP contribution is 2.21. The van der Waals surface area contributed by atoms with E-state index in [1.54, 1.807) is 0 Å². The second kappa shape index (κ2) is 4.36. The minimum absolute atomic E-state index is 0.380. The summed E-state index contributed by atoms with van der Waals surface area (Å²) in [6.45, 7) is 3.18. The molecule has 0 aliphatic heterocycles. The van der Waals surface area contributed by atoms with Gasteiger partial charge in [-0.15, -0.1) is 0 Å². The van der Waals surface area contributed by atoms with Crippen molar-refractivity contribution in [2.75, 3.05) is 23.7 Å². The molecule has 13 heavy (non-hydrogen) atoms. The van der Waals surface area contributed by atoms with Crippen molar-refractivity contribution in [3.63, 3.8) is 0 Å². The molecule has 0 aliphatic carbocycles. The third-order valence-corrected chi connectivity index (χ3v) is 1.92. The van der Waals surface area contributed by atoms with Crippen molar-refractivity contribution in [2.24, 2.45) is 0 Å². The lowest BCUT2D eigenvalue weighted by molar-refractivity contribution is 0.913. The van der Waals surface area contributed by atoms with Crippen LogP contribution < -0.4 is 10.6 Å². The fourth-order valence-corrected chi connectivity index (χ4v) is 1.23. The quantitative estimate of drug-likeness (QED) is 0.561. The van der Waals surface area contributed by atoms with Crippen molar-refractivity contribution in [1.29, 1.82) is 5.26 Å². The zero-order chi connectivity index (χ0) is 9.68. The molecule has 1 rings (SSSR count). The smallest absolute Gasteiger partial charge is 0.105 e. The molecule has 0 unspecified atom stereocenters. The number of anilines is 2. The molecule has 3 nitrogen and oxygen atoms in total. The van der Waals surface area contributed by atoms with E-state index in [0.717, 1.165) is 17.9 Å². The summed E-state index contributed by atoms with van der Waals surface area (Å²) in [5.41, 5.74) is 7.43. The zero-order valence-corrected chi connectivity index (χ0v) is 7.70. The van der Waals surface area contributed by atoms with Crippen molar-refractivity contribution < 1.29 is 0 Å². The van der Waals surface area contributed by atoms with E-state index in [1.807, 2.05) is 36.1 Å². The molecule has 68 valence electrons. The maximum absolute atomic E-state index is 8.59. The first kappa shape index (κ1) is 9.40. The van der Waals surface area contributed by atoms with Gasteiger partial charge in [-0.05, 0) is 19.1 Å². The minimum atomic E-state index is 0.380. The van der Waals surface area contributed by atoms with Gasteiger partial charge in [-0.25, -0.2) is 0 Å². The van der Waals surface area contributed by atoms with E-state index in [-0.39, 0.29) is 0 Å². The monoisotopic (exact) mass is 175 g/mol. The van der Waals surface area contributed by atoms with E-state index >= 15 is 0 Å². The standard InChI is InChI=1S/C10H13N3/c1-2-13(8-7-11)10-6-4-3-5-9(10)12/h3-6H,2,8,12H2,1H3. The largest absolute Gasteiger partial charge is 0.397 e. The van der Waals surface area contributed by atoms with Crippen LogP contribution in [0.4, 0.5) is 11.4 Å². The lowest BCUT2D eigenvalue weighted by Gasteiger charge is -2.20. The summed E-state index contributed by atoms with van der Waals surface area (Å²) in [5.74, 6) is 0. The zero-order valence-electron chi connectivity index (χ0n) is 7.70. The second-order valence-corrected chi connectivity index (χ2v) is 2.73. The summed E-state index contributed by atoms with van der Waals surface area (Å²) in [7, 11) is 0. The topological polar surface area (TPSA) is 53.0 Å². The van der Waals surface area contributed by atoms with Gasteiger partial charge < -0.3 is 10.6 Å². The molecular formula is C10H13N3. The van der Waals surface area contributed by atoms with E-state index in [1.165, 1.54) is 0 Å². The molecule has 0 aliphatic rings. The molecule has 1 aromatic rings. The molecule has 0 bridgehead atoms. The molecule has 0 radical (unpaired) electrons. The third kappa shape index (κ3) is 2.12. The van der Waals surface area contributed by atoms with Crippen LogP contribution in [0.5, 0.6) is 0 Å². The van der Waals surface area contributed by atoms with Crippen LogP contribution in [0.1, 0.15) is 6.92 Å². The van der Waals surface area contributed by atoms with E-state index in [9.17, 15) is 0 Å². The van der Waals surface area contributed by atoms with Crippen molar-refractivity contribution in [3.8, 4) is 6.07 Å². The molecule has 0 spiro atoms. The number of nitrogens with zero attached hydrogens (tertiary/aromatic N) is 2. The molecule has 0 aromatic heterocycles. The maximum Gasteiger partial charge on any atom is 0.105 e. The Balaban J connectivity index is 2.92. The van der Waals surface area contributed by atoms with Crippen LogP contribution in [-0.4, -0.2) is 13.1 Å². The van der Waals surface area contributed by atoms with E-state index in [0.29, 0.717) is 6.54 Å². The second-order valence-electron chi connectivity index (χ2n) is 2.73. The highest BCUT2D eigenvalue weighted by Gasteiger charge is 2.05. The number of rotatable bonds is 3. The Morgan fingerprint density at radius 3 is 2.69 bits per heavy atom. The Kier molecular flexibility index (Phi) is 3.15. The van der Waals surface area contributed by atoms with Gasteiger partial charge in [-0.3, -0.25) is 0 Å². The van der Waals surface area contributed by atoms with Crippen molar-refractivity contribution >= 4 is 11.4 Å². The van der Waals surface area contributed by atoms with Crippen LogP contribution in [-0.2, 0) is 0 Å². The molecule has 0 heterocycles. The molecule has 0 amide bonds. The van der Waals surface area contributed by atoms with Gasteiger partial charge in [0.1, 0.15) is 6.54 Å². The van der Waals surface area contributed by atoms with Gasteiger partial charge >= 0.3 is 0 Å². The summed E-state index contributed by atoms with van der Waals surface area (Å²) in [6.07, 6.45) is 0. The number of nitrogen functional groups attached to an aromatic ring is 1. The predicted octanol–water partition coefficient (Wildman–Crippen LogP) is 1.62. The molecule has 0 fully saturated rings. The van der Waals surface area contributed by atoms with Crippen LogP contribution >= 0.6 is 0 Å². The van der Waals surface area contributed by atoms with E-state index in [4.69, 9.17) is 11.0 Å². The number of hydrogen-bond acceptors (Lipinski definition) is 3. The average molecular weight is 175 g/mol. The fourth-order valence-electron chi connectivity index (χ4n) is 1.23. The Bertz CT molecular complexity index is 314. The highest BCUT2D eigenvalue weighted by molar-refractivity contribution is 5.67. The molecule has 2 N–H and O–H groups in total. The summed E-state index contributed by atoms with van der Waals surface area (Å²) >= 11 is 0.